The van der Waals surface area contributed by atoms with Crippen LogP contribution in [0.5, 0.6) is 0 Å². The first-order chi connectivity index (χ1) is 19.1. The minimum absolute atomic E-state index is 0.0952. The Kier molecular flexibility index (Phi) is 12.4. The molecule has 1 saturated heterocycles. The molecular weight excluding hydrogens is 589 g/mol. The second-order valence-electron chi connectivity index (χ2n) is 9.12. The van der Waals surface area contributed by atoms with E-state index in [1.807, 2.05) is 19.0 Å². The number of halogens is 3. The number of amides is 2. The molecule has 41 heavy (non-hydrogen) atoms. The number of benzene rings is 1. The second kappa shape index (κ2) is 15.0. The lowest BCUT2D eigenvalue weighted by atomic mass is 10.1. The average Bonchev–Trinajstić information content (AvgIpc) is 3.44. The first kappa shape index (κ1) is 33.8. The third-order valence-corrected chi connectivity index (χ3v) is 8.32. The highest BCUT2D eigenvalue weighted by Crippen LogP contribution is 2.31. The number of nitrogens with one attached hydrogen (secondary N) is 3. The van der Waals surface area contributed by atoms with E-state index < -0.39 is 22.2 Å². The van der Waals surface area contributed by atoms with Crippen LogP contribution >= 0.6 is 11.3 Å². The van der Waals surface area contributed by atoms with Gasteiger partial charge in [0.25, 0.3) is 15.9 Å². The Balaban J connectivity index is 0.000000745. The molecule has 1 fully saturated rings. The summed E-state index contributed by atoms with van der Waals surface area (Å²) in [4.78, 5) is 39.5. The summed E-state index contributed by atoms with van der Waals surface area (Å²) in [6, 6.07) is 8.19. The highest BCUT2D eigenvalue weighted by atomic mass is 32.2. The number of piperazine rings is 1. The number of carbonyl (C=O) groups excluding carboxylic acids is 2. The molecule has 1 aliphatic rings. The third kappa shape index (κ3) is 10.8. The fourth-order valence-corrected chi connectivity index (χ4v) is 5.58. The van der Waals surface area contributed by atoms with Gasteiger partial charge in [0.1, 0.15) is 4.21 Å². The van der Waals surface area contributed by atoms with E-state index in [-0.39, 0.29) is 22.6 Å². The molecule has 0 aliphatic carbocycles. The van der Waals surface area contributed by atoms with Gasteiger partial charge in [0.05, 0.1) is 17.9 Å². The number of hydrogen-bond donors (Lipinski definition) is 4. The molecule has 0 atom stereocenters. The van der Waals surface area contributed by atoms with Gasteiger partial charge in [0.15, 0.2) is 0 Å². The lowest BCUT2D eigenvalue weighted by molar-refractivity contribution is -0.192. The summed E-state index contributed by atoms with van der Waals surface area (Å²) in [7, 11) is 1.58. The molecule has 1 aromatic heterocycles. The van der Waals surface area contributed by atoms with Gasteiger partial charge in [-0.25, -0.2) is 13.2 Å². The maximum Gasteiger partial charge on any atom is 0.490 e. The molecule has 0 unspecified atom stereocenters. The van der Waals surface area contributed by atoms with Gasteiger partial charge in [-0.1, -0.05) is 6.07 Å². The Morgan fingerprint density at radius 1 is 1.12 bits per heavy atom. The summed E-state index contributed by atoms with van der Waals surface area (Å²) in [5.74, 6) is -3.38. The Morgan fingerprint density at radius 3 is 2.29 bits per heavy atom. The Morgan fingerprint density at radius 2 is 1.76 bits per heavy atom. The molecule has 4 N–H and O–H groups in total. The largest absolute Gasteiger partial charge is 0.490 e. The summed E-state index contributed by atoms with van der Waals surface area (Å²) in [6.45, 7) is 4.09. The number of carboxylic acid groups (broad SMARTS) is 1. The minimum atomic E-state index is -5.08. The number of aliphatic carboxylic acids is 1. The topological polar surface area (TPSA) is 151 Å². The monoisotopic (exact) mass is 622 g/mol. The van der Waals surface area contributed by atoms with Crippen molar-refractivity contribution in [3.05, 3.63) is 41.3 Å². The molecule has 0 radical (unpaired) electrons. The maximum absolute atomic E-state index is 13.0. The van der Waals surface area contributed by atoms with Crippen LogP contribution in [-0.2, 0) is 19.6 Å². The summed E-state index contributed by atoms with van der Waals surface area (Å²) in [5.41, 5.74) is 1.35. The SMILES string of the molecule is CN(C)CCNC(=O)CN(C)C(=O)c1ccc(N2CCNCC2)c(NS(=O)(=O)c2cccs2)c1.O=C(O)C(F)(F)F. The van der Waals surface area contributed by atoms with Crippen molar-refractivity contribution in [2.45, 2.75) is 10.4 Å². The van der Waals surface area contributed by atoms with Crippen molar-refractivity contribution in [1.82, 2.24) is 20.4 Å². The van der Waals surface area contributed by atoms with Crippen LogP contribution in [0.25, 0.3) is 0 Å². The number of carbonyl (C=O) groups is 3. The van der Waals surface area contributed by atoms with Crippen LogP contribution in [0, 0.1) is 0 Å². The van der Waals surface area contributed by atoms with Crippen molar-refractivity contribution in [3.8, 4) is 0 Å². The van der Waals surface area contributed by atoms with Crippen molar-refractivity contribution >= 4 is 50.5 Å². The number of sulfonamides is 1. The smallest absolute Gasteiger partial charge is 0.475 e. The number of rotatable bonds is 10. The number of hydrogen-bond acceptors (Lipinski definition) is 9. The fourth-order valence-electron chi connectivity index (χ4n) is 3.53. The van der Waals surface area contributed by atoms with Gasteiger partial charge in [-0.3, -0.25) is 14.3 Å². The van der Waals surface area contributed by atoms with Crippen LogP contribution in [0.4, 0.5) is 24.5 Å². The zero-order valence-corrected chi connectivity index (χ0v) is 24.3. The summed E-state index contributed by atoms with van der Waals surface area (Å²) in [6.07, 6.45) is -5.08. The van der Waals surface area contributed by atoms with E-state index in [4.69, 9.17) is 9.90 Å². The van der Waals surface area contributed by atoms with E-state index in [1.54, 1.807) is 36.7 Å². The van der Waals surface area contributed by atoms with E-state index in [1.165, 1.54) is 11.0 Å². The van der Waals surface area contributed by atoms with E-state index >= 15 is 0 Å². The fraction of sp³-hybridized carbons (Fsp3) is 0.458. The zero-order valence-electron chi connectivity index (χ0n) is 22.7. The molecule has 228 valence electrons. The first-order valence-corrected chi connectivity index (χ1v) is 14.6. The predicted molar refractivity (Wildman–Crippen MR) is 149 cm³/mol. The number of carboxylic acids is 1. The van der Waals surface area contributed by atoms with Crippen molar-refractivity contribution in [1.29, 1.82) is 0 Å². The minimum Gasteiger partial charge on any atom is -0.475 e. The van der Waals surface area contributed by atoms with Gasteiger partial charge in [0, 0.05) is 51.9 Å². The number of anilines is 2. The molecule has 1 aliphatic heterocycles. The molecule has 12 nitrogen and oxygen atoms in total. The molecule has 3 rings (SSSR count). The van der Waals surface area contributed by atoms with Crippen molar-refractivity contribution in [3.63, 3.8) is 0 Å². The summed E-state index contributed by atoms with van der Waals surface area (Å²) >= 11 is 1.12. The van der Waals surface area contributed by atoms with Gasteiger partial charge in [-0.2, -0.15) is 13.2 Å². The molecule has 2 aromatic rings. The van der Waals surface area contributed by atoms with Crippen LogP contribution in [0.15, 0.2) is 39.9 Å². The summed E-state index contributed by atoms with van der Waals surface area (Å²) < 4.78 is 60.4. The molecule has 2 amide bonds. The zero-order chi connectivity index (χ0) is 30.8. The lowest BCUT2D eigenvalue weighted by Gasteiger charge is -2.31. The number of thiophene rings is 1. The van der Waals surface area contributed by atoms with E-state index in [0.717, 1.165) is 24.4 Å². The second-order valence-corrected chi connectivity index (χ2v) is 12.0. The highest BCUT2D eigenvalue weighted by molar-refractivity contribution is 7.94. The van der Waals surface area contributed by atoms with Crippen LogP contribution in [0.3, 0.4) is 0 Å². The molecule has 0 spiro atoms. The number of alkyl halides is 3. The quantitative estimate of drug-likeness (QED) is 0.308. The lowest BCUT2D eigenvalue weighted by Crippen LogP contribution is -2.44. The normalized spacial score (nSPS) is 13.7. The molecule has 1 aromatic carbocycles. The van der Waals surface area contributed by atoms with Crippen LogP contribution in [-0.4, -0.2) is 114 Å². The van der Waals surface area contributed by atoms with Gasteiger partial charge < -0.3 is 30.4 Å². The molecule has 2 heterocycles. The van der Waals surface area contributed by atoms with Crippen LogP contribution in [0.2, 0.25) is 0 Å². The Labute approximate surface area is 240 Å². The Bertz CT molecular complexity index is 1280. The molecule has 17 heteroatoms. The number of likely N-dealkylation sites (N-methyl/N-ethyl adjacent to an activating group) is 2. The van der Waals surface area contributed by atoms with Gasteiger partial charge >= 0.3 is 12.1 Å². The Hall–Kier alpha value is -3.41. The van der Waals surface area contributed by atoms with E-state index in [2.05, 4.69) is 20.3 Å². The van der Waals surface area contributed by atoms with Crippen molar-refractivity contribution < 1.29 is 41.1 Å². The standard InChI is InChI=1S/C22H32N6O4S2.C2HF3O2/c1-26(2)11-10-24-20(29)16-27(3)22(30)17-6-7-19(28-12-8-23-9-13-28)18(15-17)25-34(31,32)21-5-4-14-33-21;3-2(4,5)1(6)7/h4-7,14-15,23,25H,8-13,16H2,1-3H3,(H,24,29);(H,6,7). The maximum atomic E-state index is 13.0. The van der Waals surface area contributed by atoms with Crippen molar-refractivity contribution in [2.75, 3.05) is 76.6 Å². The first-order valence-electron chi connectivity index (χ1n) is 12.2. The van der Waals surface area contributed by atoms with Gasteiger partial charge in [0.2, 0.25) is 5.91 Å². The van der Waals surface area contributed by atoms with Crippen LogP contribution in [0.1, 0.15) is 10.4 Å². The van der Waals surface area contributed by atoms with E-state index in [9.17, 15) is 31.2 Å². The predicted octanol–water partition coefficient (Wildman–Crippen LogP) is 1.34. The van der Waals surface area contributed by atoms with Crippen molar-refractivity contribution in [2.24, 2.45) is 0 Å². The molecular formula is C24H33F3N6O6S2. The summed E-state index contributed by atoms with van der Waals surface area (Å²) in [5, 5.41) is 14.9. The van der Waals surface area contributed by atoms with Gasteiger partial charge in [-0.15, -0.1) is 11.3 Å². The number of nitrogens with zero attached hydrogens (tertiary/aromatic N) is 3. The molecule has 0 bridgehead atoms. The third-order valence-electron chi connectivity index (χ3n) is 5.56. The van der Waals surface area contributed by atoms with E-state index in [0.29, 0.717) is 43.1 Å². The highest BCUT2D eigenvalue weighted by Gasteiger charge is 2.38. The van der Waals surface area contributed by atoms with Gasteiger partial charge in [-0.05, 0) is 43.7 Å². The molecule has 0 saturated carbocycles. The van der Waals surface area contributed by atoms with Crippen LogP contribution < -0.4 is 20.3 Å². The average molecular weight is 623 g/mol.